The Labute approximate surface area is 120 Å². The summed E-state index contributed by atoms with van der Waals surface area (Å²) in [5.74, 6) is -3.58. The summed E-state index contributed by atoms with van der Waals surface area (Å²) in [5.41, 5.74) is 10.2. The molecule has 0 saturated heterocycles. The molecule has 0 radical (unpaired) electrons. The molecule has 9 heteroatoms. The summed E-state index contributed by atoms with van der Waals surface area (Å²) in [7, 11) is 0. The summed E-state index contributed by atoms with van der Waals surface area (Å²) >= 11 is 3.23. The van der Waals surface area contributed by atoms with Crippen LogP contribution >= 0.6 is 15.9 Å². The van der Waals surface area contributed by atoms with Crippen molar-refractivity contribution < 1.29 is 8.78 Å². The predicted molar refractivity (Wildman–Crippen MR) is 71.2 cm³/mol. The first-order valence-corrected chi connectivity index (χ1v) is 6.36. The van der Waals surface area contributed by atoms with Gasteiger partial charge in [0.1, 0.15) is 11.5 Å². The molecule has 2 aromatic rings. The second kappa shape index (κ2) is 4.44. The van der Waals surface area contributed by atoms with E-state index in [9.17, 15) is 8.78 Å². The van der Waals surface area contributed by atoms with Crippen molar-refractivity contribution in [1.29, 1.82) is 0 Å². The molecule has 0 fully saturated rings. The fraction of sp³-hybridized carbons (Fsp3) is 0.0909. The predicted octanol–water partition coefficient (Wildman–Crippen LogP) is 1.38. The summed E-state index contributed by atoms with van der Waals surface area (Å²) in [6.07, 6.45) is 4.03. The van der Waals surface area contributed by atoms with Crippen LogP contribution < -0.4 is 16.6 Å². The number of alkyl halides is 2. The zero-order chi connectivity index (χ0) is 14.3. The van der Waals surface area contributed by atoms with Crippen LogP contribution in [0.1, 0.15) is 5.82 Å². The zero-order valence-corrected chi connectivity index (χ0v) is 11.5. The maximum absolute atomic E-state index is 14.5. The Balaban J connectivity index is 2.12. The molecule has 0 amide bonds. The number of allylic oxidation sites excluding steroid dienone is 3. The molecule has 0 aromatic carbocycles. The molecule has 2 aromatic heterocycles. The number of nitrogens with one attached hydrogen (secondary N) is 2. The normalized spacial score (nSPS) is 15.3. The van der Waals surface area contributed by atoms with Gasteiger partial charge >= 0.3 is 5.92 Å². The molecule has 0 unspecified atom stereocenters. The Morgan fingerprint density at radius 1 is 1.20 bits per heavy atom. The second-order valence-corrected chi connectivity index (χ2v) is 5.04. The van der Waals surface area contributed by atoms with Gasteiger partial charge in [-0.05, 0) is 40.2 Å². The minimum absolute atomic E-state index is 0.249. The van der Waals surface area contributed by atoms with Gasteiger partial charge in [-0.15, -0.1) is 10.2 Å². The van der Waals surface area contributed by atoms with E-state index in [2.05, 4.69) is 37.0 Å². The Kier molecular flexibility index (Phi) is 2.85. The van der Waals surface area contributed by atoms with Gasteiger partial charge in [0.2, 0.25) is 5.82 Å². The molecule has 1 aliphatic rings. The Morgan fingerprint density at radius 2 is 2.00 bits per heavy atom. The standard InChI is InChI=1S/C11H9BrF2N6/c12-6-1-4-9-18-19-10(20(9)5-6)11(13,14)7-2-3-8(15)17-16-7/h1-5,16-17H,15H2. The molecule has 104 valence electrons. The van der Waals surface area contributed by atoms with E-state index in [1.165, 1.54) is 22.7 Å². The molecule has 3 rings (SSSR count). The number of halogens is 3. The van der Waals surface area contributed by atoms with Crippen LogP contribution in [0, 0.1) is 0 Å². The Bertz CT molecular complexity index is 736. The summed E-state index contributed by atoms with van der Waals surface area (Å²) in [6.45, 7) is 0. The minimum atomic E-state index is -3.34. The number of pyridine rings is 1. The molecule has 0 aliphatic carbocycles. The van der Waals surface area contributed by atoms with Crippen molar-refractivity contribution in [1.82, 2.24) is 25.4 Å². The van der Waals surface area contributed by atoms with E-state index >= 15 is 0 Å². The highest BCUT2D eigenvalue weighted by molar-refractivity contribution is 9.10. The van der Waals surface area contributed by atoms with Gasteiger partial charge in [-0.3, -0.25) is 15.3 Å². The van der Waals surface area contributed by atoms with Crippen LogP contribution in [0.5, 0.6) is 0 Å². The van der Waals surface area contributed by atoms with Gasteiger partial charge in [0.15, 0.2) is 5.65 Å². The smallest absolute Gasteiger partial charge is 0.348 e. The van der Waals surface area contributed by atoms with E-state index < -0.39 is 11.7 Å². The highest BCUT2D eigenvalue weighted by Crippen LogP contribution is 2.34. The first-order chi connectivity index (χ1) is 9.48. The van der Waals surface area contributed by atoms with Crippen molar-refractivity contribution in [2.24, 2.45) is 5.73 Å². The first-order valence-electron chi connectivity index (χ1n) is 5.57. The number of hydrogen-bond donors (Lipinski definition) is 3. The van der Waals surface area contributed by atoms with Gasteiger partial charge in [-0.25, -0.2) is 0 Å². The lowest BCUT2D eigenvalue weighted by atomic mass is 10.2. The number of rotatable bonds is 2. The van der Waals surface area contributed by atoms with Gasteiger partial charge in [0, 0.05) is 10.7 Å². The van der Waals surface area contributed by atoms with E-state index in [1.807, 2.05) is 0 Å². The number of hydrazine groups is 1. The maximum atomic E-state index is 14.5. The molecule has 0 bridgehead atoms. The lowest BCUT2D eigenvalue weighted by Crippen LogP contribution is -2.42. The van der Waals surface area contributed by atoms with Crippen LogP contribution in [-0.2, 0) is 5.92 Å². The number of hydrogen-bond acceptors (Lipinski definition) is 5. The van der Waals surface area contributed by atoms with E-state index in [-0.39, 0.29) is 11.5 Å². The topological polar surface area (TPSA) is 80.3 Å². The molecule has 0 spiro atoms. The zero-order valence-electron chi connectivity index (χ0n) is 9.94. The first kappa shape index (κ1) is 12.9. The van der Waals surface area contributed by atoms with Crippen LogP contribution in [0.4, 0.5) is 8.78 Å². The largest absolute Gasteiger partial charge is 0.384 e. The van der Waals surface area contributed by atoms with Crippen molar-refractivity contribution in [3.63, 3.8) is 0 Å². The van der Waals surface area contributed by atoms with Crippen molar-refractivity contribution in [3.8, 4) is 0 Å². The third kappa shape index (κ3) is 1.99. The highest BCUT2D eigenvalue weighted by atomic mass is 79.9. The van der Waals surface area contributed by atoms with E-state index in [0.29, 0.717) is 10.1 Å². The molecule has 6 nitrogen and oxygen atoms in total. The number of nitrogens with two attached hydrogens (primary N) is 1. The quantitative estimate of drug-likeness (QED) is 0.768. The SMILES string of the molecule is NC1=CC=C(C(F)(F)c2nnc3ccc(Br)cn23)NN1. The molecule has 20 heavy (non-hydrogen) atoms. The average Bonchev–Trinajstić information content (AvgIpc) is 2.82. The molecular weight excluding hydrogens is 334 g/mol. The van der Waals surface area contributed by atoms with Crippen molar-refractivity contribution >= 4 is 21.6 Å². The highest BCUT2D eigenvalue weighted by Gasteiger charge is 2.42. The van der Waals surface area contributed by atoms with Gasteiger partial charge < -0.3 is 5.73 Å². The van der Waals surface area contributed by atoms with Crippen LogP contribution in [0.3, 0.4) is 0 Å². The lowest BCUT2D eigenvalue weighted by molar-refractivity contribution is 0.0174. The average molecular weight is 343 g/mol. The number of nitrogens with zero attached hydrogens (tertiary/aromatic N) is 3. The summed E-state index contributed by atoms with van der Waals surface area (Å²) in [6, 6.07) is 3.30. The van der Waals surface area contributed by atoms with Crippen LogP contribution in [0.2, 0.25) is 0 Å². The van der Waals surface area contributed by atoms with Crippen molar-refractivity contribution in [3.05, 3.63) is 52.3 Å². The minimum Gasteiger partial charge on any atom is -0.384 e. The summed E-state index contributed by atoms with van der Waals surface area (Å²) < 4.78 is 30.8. The van der Waals surface area contributed by atoms with E-state index in [1.54, 1.807) is 12.1 Å². The van der Waals surface area contributed by atoms with Crippen LogP contribution in [0.15, 0.2) is 46.5 Å². The van der Waals surface area contributed by atoms with Crippen molar-refractivity contribution in [2.45, 2.75) is 5.92 Å². The van der Waals surface area contributed by atoms with Crippen molar-refractivity contribution in [2.75, 3.05) is 0 Å². The fourth-order valence-corrected chi connectivity index (χ4v) is 2.12. The van der Waals surface area contributed by atoms with Gasteiger partial charge in [-0.1, -0.05) is 0 Å². The monoisotopic (exact) mass is 342 g/mol. The molecule has 3 heterocycles. The molecule has 4 N–H and O–H groups in total. The lowest BCUT2D eigenvalue weighted by Gasteiger charge is -2.23. The van der Waals surface area contributed by atoms with Crippen LogP contribution in [-0.4, -0.2) is 14.6 Å². The molecule has 1 aliphatic heterocycles. The maximum Gasteiger partial charge on any atom is 0.348 e. The second-order valence-electron chi connectivity index (χ2n) is 4.13. The summed E-state index contributed by atoms with van der Waals surface area (Å²) in [5, 5.41) is 7.32. The molecular formula is C11H9BrF2N6. The number of aromatic nitrogens is 3. The third-order valence-electron chi connectivity index (χ3n) is 2.76. The fourth-order valence-electron chi connectivity index (χ4n) is 1.78. The Hall–Kier alpha value is -2.16. The van der Waals surface area contributed by atoms with Gasteiger partial charge in [0.25, 0.3) is 0 Å². The summed E-state index contributed by atoms with van der Waals surface area (Å²) in [4.78, 5) is 0. The van der Waals surface area contributed by atoms with Gasteiger partial charge in [-0.2, -0.15) is 8.78 Å². The molecule has 0 atom stereocenters. The van der Waals surface area contributed by atoms with E-state index in [0.717, 1.165) is 0 Å². The number of fused-ring (bicyclic) bond motifs is 1. The van der Waals surface area contributed by atoms with Gasteiger partial charge in [0.05, 0.1) is 0 Å². The Morgan fingerprint density at radius 3 is 2.70 bits per heavy atom. The molecule has 0 saturated carbocycles. The van der Waals surface area contributed by atoms with Crippen LogP contribution in [0.25, 0.3) is 5.65 Å². The third-order valence-corrected chi connectivity index (χ3v) is 3.23. The van der Waals surface area contributed by atoms with E-state index in [4.69, 9.17) is 5.73 Å².